The maximum atomic E-state index is 11.0. The molecule has 0 aromatic heterocycles. The third kappa shape index (κ3) is 5.82. The van der Waals surface area contributed by atoms with Crippen molar-refractivity contribution in [1.29, 1.82) is 0 Å². The maximum absolute atomic E-state index is 11.0. The molecule has 0 aliphatic carbocycles. The first-order valence-electron chi connectivity index (χ1n) is 13.0. The molecule has 186 valence electrons. The zero-order valence-electron chi connectivity index (χ0n) is 22.0. The van der Waals surface area contributed by atoms with Crippen LogP contribution in [-0.2, 0) is 11.7 Å². The van der Waals surface area contributed by atoms with Gasteiger partial charge in [-0.15, -0.1) is 0 Å². The molecule has 0 saturated heterocycles. The highest BCUT2D eigenvalue weighted by atomic mass is 31.1. The average Bonchev–Trinajstić information content (AvgIpc) is 2.90. The minimum atomic E-state index is -0.0841. The standard InChI is InChI=1S/C33H38NOP/c1-5-21-33(6-2,30-23-26(4)17-19-31(30)35)36-32-20-18-25(3)22-27(32)24-34(28-13-9-7-10-14-28)29-15-11-8-12-16-29/h7-20,22-23,35-36H,5-6,21,24H2,1-4H3. The van der Waals surface area contributed by atoms with E-state index in [1.807, 2.05) is 12.1 Å². The highest BCUT2D eigenvalue weighted by Crippen LogP contribution is 2.51. The van der Waals surface area contributed by atoms with Crippen LogP contribution in [0.15, 0.2) is 97.1 Å². The van der Waals surface area contributed by atoms with E-state index in [1.54, 1.807) is 0 Å². The van der Waals surface area contributed by atoms with Crippen LogP contribution in [-0.4, -0.2) is 5.11 Å². The number of rotatable bonds is 10. The van der Waals surface area contributed by atoms with Crippen LogP contribution in [0.1, 0.15) is 55.4 Å². The quantitative estimate of drug-likeness (QED) is 0.222. The van der Waals surface area contributed by atoms with Gasteiger partial charge in [-0.2, -0.15) is 0 Å². The number of benzene rings is 4. The normalized spacial score (nSPS) is 13.1. The van der Waals surface area contributed by atoms with Crippen molar-refractivity contribution < 1.29 is 5.11 Å². The molecule has 2 unspecified atom stereocenters. The summed E-state index contributed by atoms with van der Waals surface area (Å²) in [4.78, 5) is 2.40. The van der Waals surface area contributed by atoms with Gasteiger partial charge in [-0.1, -0.05) is 107 Å². The lowest BCUT2D eigenvalue weighted by atomic mass is 9.89. The summed E-state index contributed by atoms with van der Waals surface area (Å²) in [5.74, 6) is 0.423. The first-order valence-corrected chi connectivity index (χ1v) is 14.0. The first-order chi connectivity index (χ1) is 17.5. The van der Waals surface area contributed by atoms with Crippen molar-refractivity contribution in [1.82, 2.24) is 0 Å². The fraction of sp³-hybridized carbons (Fsp3) is 0.273. The van der Waals surface area contributed by atoms with Crippen molar-refractivity contribution in [2.45, 2.75) is 58.7 Å². The Morgan fingerprint density at radius 1 is 0.750 bits per heavy atom. The fourth-order valence-electron chi connectivity index (χ4n) is 5.13. The lowest BCUT2D eigenvalue weighted by molar-refractivity contribution is 0.442. The van der Waals surface area contributed by atoms with Gasteiger partial charge in [-0.05, 0) is 67.9 Å². The molecule has 0 aliphatic rings. The second-order valence-corrected chi connectivity index (χ2v) is 11.5. The van der Waals surface area contributed by atoms with Crippen LogP contribution in [0.4, 0.5) is 11.4 Å². The number of nitrogens with zero attached hydrogens (tertiary/aromatic N) is 1. The molecule has 0 saturated carbocycles. The number of para-hydroxylation sites is 2. The zero-order valence-corrected chi connectivity index (χ0v) is 23.0. The van der Waals surface area contributed by atoms with E-state index in [1.165, 1.54) is 33.4 Å². The van der Waals surface area contributed by atoms with Crippen LogP contribution < -0.4 is 10.2 Å². The second-order valence-electron chi connectivity index (χ2n) is 9.75. The molecule has 4 aromatic rings. The van der Waals surface area contributed by atoms with Crippen molar-refractivity contribution in [2.75, 3.05) is 4.90 Å². The van der Waals surface area contributed by atoms with E-state index in [0.717, 1.165) is 31.4 Å². The predicted molar refractivity (Wildman–Crippen MR) is 158 cm³/mol. The molecule has 0 fully saturated rings. The van der Waals surface area contributed by atoms with Crippen molar-refractivity contribution in [3.8, 4) is 5.75 Å². The second kappa shape index (κ2) is 11.8. The Morgan fingerprint density at radius 3 is 1.92 bits per heavy atom. The van der Waals surface area contributed by atoms with E-state index in [2.05, 4.69) is 118 Å². The molecule has 0 radical (unpaired) electrons. The Bertz CT molecular complexity index is 1230. The van der Waals surface area contributed by atoms with Gasteiger partial charge < -0.3 is 10.0 Å². The van der Waals surface area contributed by atoms with Crippen LogP contribution in [0, 0.1) is 13.8 Å². The summed E-state index contributed by atoms with van der Waals surface area (Å²) >= 11 is 0. The maximum Gasteiger partial charge on any atom is 0.119 e. The predicted octanol–water partition coefficient (Wildman–Crippen LogP) is 8.76. The zero-order chi connectivity index (χ0) is 25.5. The molecule has 0 aliphatic heterocycles. The molecular weight excluding hydrogens is 457 g/mol. The van der Waals surface area contributed by atoms with E-state index in [4.69, 9.17) is 0 Å². The summed E-state index contributed by atoms with van der Waals surface area (Å²) in [5.41, 5.74) is 7.29. The van der Waals surface area contributed by atoms with Gasteiger partial charge in [0.25, 0.3) is 0 Å². The average molecular weight is 496 g/mol. The molecule has 0 heterocycles. The Labute approximate surface area is 218 Å². The molecule has 3 heteroatoms. The van der Waals surface area contributed by atoms with Crippen molar-refractivity contribution >= 4 is 25.3 Å². The first kappa shape index (κ1) is 26.0. The number of anilines is 2. The Balaban J connectivity index is 1.79. The van der Waals surface area contributed by atoms with Gasteiger partial charge in [0, 0.05) is 28.6 Å². The number of hydrogen-bond acceptors (Lipinski definition) is 2. The van der Waals surface area contributed by atoms with E-state index in [-0.39, 0.29) is 5.16 Å². The summed E-state index contributed by atoms with van der Waals surface area (Å²) < 4.78 is 0. The third-order valence-corrected chi connectivity index (χ3v) is 9.16. The van der Waals surface area contributed by atoms with Gasteiger partial charge in [0.1, 0.15) is 5.75 Å². The lowest BCUT2D eigenvalue weighted by Crippen LogP contribution is -2.26. The molecule has 4 rings (SSSR count). The highest BCUT2D eigenvalue weighted by molar-refractivity contribution is 7.48. The third-order valence-electron chi connectivity index (χ3n) is 7.05. The summed E-state index contributed by atoms with van der Waals surface area (Å²) in [6, 6.07) is 34.3. The topological polar surface area (TPSA) is 23.5 Å². The summed E-state index contributed by atoms with van der Waals surface area (Å²) in [7, 11) is 0.566. The van der Waals surface area contributed by atoms with Crippen molar-refractivity contribution in [3.63, 3.8) is 0 Å². The van der Waals surface area contributed by atoms with Gasteiger partial charge in [0.05, 0.1) is 0 Å². The van der Waals surface area contributed by atoms with Crippen LogP contribution in [0.5, 0.6) is 5.75 Å². The largest absolute Gasteiger partial charge is 0.508 e. The van der Waals surface area contributed by atoms with Gasteiger partial charge in [-0.3, -0.25) is 0 Å². The Morgan fingerprint density at radius 2 is 1.33 bits per heavy atom. The Hall–Kier alpha value is -3.09. The molecule has 4 aromatic carbocycles. The highest BCUT2D eigenvalue weighted by Gasteiger charge is 2.33. The molecule has 0 spiro atoms. The van der Waals surface area contributed by atoms with Gasteiger partial charge >= 0.3 is 0 Å². The number of aromatic hydroxyl groups is 1. The minimum Gasteiger partial charge on any atom is -0.508 e. The minimum absolute atomic E-state index is 0.0841. The molecule has 36 heavy (non-hydrogen) atoms. The molecular formula is C33H38NOP. The van der Waals surface area contributed by atoms with Crippen molar-refractivity contribution in [3.05, 3.63) is 119 Å². The molecule has 0 bridgehead atoms. The number of hydrogen-bond donors (Lipinski definition) is 1. The smallest absolute Gasteiger partial charge is 0.119 e. The molecule has 0 amide bonds. The van der Waals surface area contributed by atoms with Gasteiger partial charge in [0.2, 0.25) is 0 Å². The van der Waals surface area contributed by atoms with E-state index < -0.39 is 0 Å². The van der Waals surface area contributed by atoms with Crippen LogP contribution in [0.2, 0.25) is 0 Å². The fourth-order valence-corrected chi connectivity index (χ4v) is 7.01. The summed E-state index contributed by atoms with van der Waals surface area (Å²) in [5, 5.41) is 12.3. The summed E-state index contributed by atoms with van der Waals surface area (Å²) in [6.45, 7) is 9.62. The lowest BCUT2D eigenvalue weighted by Gasteiger charge is -2.36. The monoisotopic (exact) mass is 495 g/mol. The Kier molecular flexibility index (Phi) is 8.49. The van der Waals surface area contributed by atoms with Crippen LogP contribution in [0.3, 0.4) is 0 Å². The molecule has 2 nitrogen and oxygen atoms in total. The van der Waals surface area contributed by atoms with Gasteiger partial charge in [-0.25, -0.2) is 0 Å². The van der Waals surface area contributed by atoms with E-state index in [0.29, 0.717) is 14.3 Å². The molecule has 1 N–H and O–H groups in total. The van der Waals surface area contributed by atoms with Crippen LogP contribution >= 0.6 is 8.58 Å². The number of aryl methyl sites for hydroxylation is 2. The SMILES string of the molecule is CCCC(CC)(Pc1ccc(C)cc1CN(c1ccccc1)c1ccccc1)c1cc(C)ccc1O. The van der Waals surface area contributed by atoms with Gasteiger partial charge in [0.15, 0.2) is 0 Å². The van der Waals surface area contributed by atoms with Crippen molar-refractivity contribution in [2.24, 2.45) is 0 Å². The number of phenolic OH excluding ortho intramolecular Hbond substituents is 1. The van der Waals surface area contributed by atoms with E-state index in [9.17, 15) is 5.11 Å². The number of phenols is 1. The molecule has 2 atom stereocenters. The van der Waals surface area contributed by atoms with Crippen LogP contribution in [0.25, 0.3) is 0 Å². The van der Waals surface area contributed by atoms with E-state index >= 15 is 0 Å². The summed E-state index contributed by atoms with van der Waals surface area (Å²) in [6.07, 6.45) is 3.12.